The van der Waals surface area contributed by atoms with Crippen LogP contribution in [-0.2, 0) is 10.0 Å². The van der Waals surface area contributed by atoms with E-state index in [0.717, 1.165) is 4.31 Å². The number of carboxylic acid groups (broad SMARTS) is 1. The normalized spacial score (nSPS) is 11.1. The smallest absolute Gasteiger partial charge is 0.335 e. The molecule has 0 saturated carbocycles. The van der Waals surface area contributed by atoms with Gasteiger partial charge in [-0.25, -0.2) is 13.2 Å². The minimum Gasteiger partial charge on any atom is -0.478 e. The van der Waals surface area contributed by atoms with Gasteiger partial charge in [-0.3, -0.25) is 9.29 Å². The van der Waals surface area contributed by atoms with E-state index in [0.29, 0.717) is 11.3 Å². The van der Waals surface area contributed by atoms with Crippen molar-refractivity contribution in [2.75, 3.05) is 11.4 Å². The second-order valence-corrected chi connectivity index (χ2v) is 6.43. The summed E-state index contributed by atoms with van der Waals surface area (Å²) in [6.45, 7) is 1.62. The van der Waals surface area contributed by atoms with E-state index in [-0.39, 0.29) is 10.5 Å². The van der Waals surface area contributed by atoms with Gasteiger partial charge in [-0.2, -0.15) is 0 Å². The summed E-state index contributed by atoms with van der Waals surface area (Å²) in [7, 11) is -2.44. The second-order valence-electron chi connectivity index (χ2n) is 4.47. The van der Waals surface area contributed by atoms with Crippen molar-refractivity contribution in [2.45, 2.75) is 11.8 Å². The lowest BCUT2D eigenvalue weighted by atomic mass is 10.1. The first-order valence-electron chi connectivity index (χ1n) is 6.07. The molecule has 0 aliphatic rings. The molecule has 1 N–H and O–H groups in total. The lowest BCUT2D eigenvalue weighted by Crippen LogP contribution is -2.26. The zero-order valence-corrected chi connectivity index (χ0v) is 12.3. The number of nitrogens with zero attached hydrogens (tertiary/aromatic N) is 2. The van der Waals surface area contributed by atoms with Gasteiger partial charge in [-0.05, 0) is 36.8 Å². The monoisotopic (exact) mass is 306 g/mol. The first-order valence-corrected chi connectivity index (χ1v) is 7.51. The Morgan fingerprint density at radius 2 is 2.00 bits per heavy atom. The van der Waals surface area contributed by atoms with Gasteiger partial charge in [-0.15, -0.1) is 0 Å². The van der Waals surface area contributed by atoms with E-state index in [2.05, 4.69) is 4.98 Å². The molecule has 0 atom stereocenters. The van der Waals surface area contributed by atoms with Gasteiger partial charge in [0.2, 0.25) is 0 Å². The topological polar surface area (TPSA) is 87.6 Å². The van der Waals surface area contributed by atoms with Crippen LogP contribution >= 0.6 is 0 Å². The van der Waals surface area contributed by atoms with E-state index in [1.807, 2.05) is 0 Å². The highest BCUT2D eigenvalue weighted by atomic mass is 32.2. The standard InChI is InChI=1S/C14H14N2O4S/c1-10-5-6-12(8-13(10)14(17)18)21(19,20)16(2)11-4-3-7-15-9-11/h3-9H,1-2H3,(H,17,18). The fourth-order valence-electron chi connectivity index (χ4n) is 1.83. The van der Waals surface area contributed by atoms with Crippen LogP contribution < -0.4 is 4.31 Å². The fourth-order valence-corrected chi connectivity index (χ4v) is 3.04. The highest BCUT2D eigenvalue weighted by Crippen LogP contribution is 2.23. The van der Waals surface area contributed by atoms with Crippen LogP contribution in [0.5, 0.6) is 0 Å². The van der Waals surface area contributed by atoms with Gasteiger partial charge in [0, 0.05) is 13.2 Å². The molecule has 0 radical (unpaired) electrons. The SMILES string of the molecule is Cc1ccc(S(=O)(=O)N(C)c2cccnc2)cc1C(=O)O. The lowest BCUT2D eigenvalue weighted by Gasteiger charge is -2.19. The van der Waals surface area contributed by atoms with Crippen molar-refractivity contribution in [1.29, 1.82) is 0 Å². The third-order valence-electron chi connectivity index (χ3n) is 3.11. The summed E-state index contributed by atoms with van der Waals surface area (Å²) < 4.78 is 26.1. The summed E-state index contributed by atoms with van der Waals surface area (Å²) in [5, 5.41) is 9.09. The molecule has 7 heteroatoms. The Hall–Kier alpha value is -2.41. The van der Waals surface area contributed by atoms with Crippen LogP contribution in [0, 0.1) is 6.92 Å². The Bertz CT molecular complexity index is 773. The van der Waals surface area contributed by atoms with Crippen LogP contribution in [0.15, 0.2) is 47.6 Å². The number of hydrogen-bond donors (Lipinski definition) is 1. The van der Waals surface area contributed by atoms with Gasteiger partial charge in [0.05, 0.1) is 22.3 Å². The molecule has 0 amide bonds. The number of carboxylic acids is 1. The van der Waals surface area contributed by atoms with Gasteiger partial charge in [0.1, 0.15) is 0 Å². The number of rotatable bonds is 4. The summed E-state index contributed by atoms with van der Waals surface area (Å²) in [4.78, 5) is 14.9. The van der Waals surface area contributed by atoms with Crippen molar-refractivity contribution in [1.82, 2.24) is 4.98 Å². The Kier molecular flexibility index (Phi) is 3.95. The van der Waals surface area contributed by atoms with Gasteiger partial charge < -0.3 is 5.11 Å². The average Bonchev–Trinajstić information content (AvgIpc) is 2.47. The number of carbonyl (C=O) groups is 1. The quantitative estimate of drug-likeness (QED) is 0.932. The second kappa shape index (κ2) is 5.53. The molecule has 0 saturated heterocycles. The van der Waals surface area contributed by atoms with E-state index in [9.17, 15) is 13.2 Å². The first-order chi connectivity index (χ1) is 9.84. The molecule has 0 unspecified atom stereocenters. The number of anilines is 1. The van der Waals surface area contributed by atoms with Crippen LogP contribution in [0.2, 0.25) is 0 Å². The summed E-state index contributed by atoms with van der Waals surface area (Å²) in [6, 6.07) is 7.27. The van der Waals surface area contributed by atoms with E-state index >= 15 is 0 Å². The molecular formula is C14H14N2O4S. The zero-order chi connectivity index (χ0) is 15.6. The minimum atomic E-state index is -3.83. The molecule has 0 aliphatic carbocycles. The largest absolute Gasteiger partial charge is 0.478 e. The maximum absolute atomic E-state index is 12.5. The van der Waals surface area contributed by atoms with E-state index in [1.54, 1.807) is 25.3 Å². The van der Waals surface area contributed by atoms with Crippen molar-refractivity contribution < 1.29 is 18.3 Å². The molecule has 1 heterocycles. The number of hydrogen-bond acceptors (Lipinski definition) is 4. The van der Waals surface area contributed by atoms with E-state index in [1.165, 1.54) is 31.4 Å². The van der Waals surface area contributed by atoms with E-state index < -0.39 is 16.0 Å². The van der Waals surface area contributed by atoms with E-state index in [4.69, 9.17) is 5.11 Å². The zero-order valence-electron chi connectivity index (χ0n) is 11.5. The third-order valence-corrected chi connectivity index (χ3v) is 4.89. The lowest BCUT2D eigenvalue weighted by molar-refractivity contribution is 0.0696. The summed E-state index contributed by atoms with van der Waals surface area (Å²) in [6.07, 6.45) is 2.96. The number of aromatic nitrogens is 1. The predicted molar refractivity (Wildman–Crippen MR) is 78.0 cm³/mol. The predicted octanol–water partition coefficient (Wildman–Crippen LogP) is 1.91. The van der Waals surface area contributed by atoms with Crippen molar-refractivity contribution in [3.8, 4) is 0 Å². The van der Waals surface area contributed by atoms with Gasteiger partial charge >= 0.3 is 5.97 Å². The first kappa shape index (κ1) is 15.0. The maximum atomic E-state index is 12.5. The molecule has 1 aromatic carbocycles. The van der Waals surface area contributed by atoms with Crippen LogP contribution in [0.3, 0.4) is 0 Å². The maximum Gasteiger partial charge on any atom is 0.335 e. The molecule has 0 bridgehead atoms. The Morgan fingerprint density at radius 1 is 1.29 bits per heavy atom. The Labute approximate surface area is 122 Å². The number of aromatic carboxylic acids is 1. The van der Waals surface area contributed by atoms with Crippen molar-refractivity contribution in [3.05, 3.63) is 53.9 Å². The molecule has 0 fully saturated rings. The van der Waals surface area contributed by atoms with Crippen LogP contribution in [0.1, 0.15) is 15.9 Å². The molecule has 2 aromatic rings. The van der Waals surface area contributed by atoms with Crippen molar-refractivity contribution >= 4 is 21.7 Å². The highest BCUT2D eigenvalue weighted by molar-refractivity contribution is 7.92. The Balaban J connectivity index is 2.50. The molecule has 110 valence electrons. The van der Waals surface area contributed by atoms with Crippen molar-refractivity contribution in [2.24, 2.45) is 0 Å². The number of benzene rings is 1. The number of aryl methyl sites for hydroxylation is 1. The third kappa shape index (κ3) is 2.87. The average molecular weight is 306 g/mol. The number of pyridine rings is 1. The highest BCUT2D eigenvalue weighted by Gasteiger charge is 2.23. The molecule has 6 nitrogen and oxygen atoms in total. The molecular weight excluding hydrogens is 292 g/mol. The van der Waals surface area contributed by atoms with Crippen molar-refractivity contribution in [3.63, 3.8) is 0 Å². The molecule has 2 rings (SSSR count). The molecule has 21 heavy (non-hydrogen) atoms. The van der Waals surface area contributed by atoms with Gasteiger partial charge in [-0.1, -0.05) is 6.07 Å². The minimum absolute atomic E-state index is 0.0318. The summed E-state index contributed by atoms with van der Waals surface area (Å²) >= 11 is 0. The van der Waals surface area contributed by atoms with Crippen LogP contribution in [0.4, 0.5) is 5.69 Å². The molecule has 1 aromatic heterocycles. The van der Waals surface area contributed by atoms with Crippen LogP contribution in [-0.4, -0.2) is 31.5 Å². The molecule has 0 spiro atoms. The van der Waals surface area contributed by atoms with Gasteiger partial charge in [0.15, 0.2) is 0 Å². The fraction of sp³-hybridized carbons (Fsp3) is 0.143. The summed E-state index contributed by atoms with van der Waals surface area (Å²) in [5.41, 5.74) is 0.871. The van der Waals surface area contributed by atoms with Crippen LogP contribution in [0.25, 0.3) is 0 Å². The van der Waals surface area contributed by atoms with Gasteiger partial charge in [0.25, 0.3) is 10.0 Å². The number of sulfonamides is 1. The Morgan fingerprint density at radius 3 is 2.57 bits per heavy atom. The summed E-state index contributed by atoms with van der Waals surface area (Å²) in [5.74, 6) is -1.16. The molecule has 0 aliphatic heterocycles.